The summed E-state index contributed by atoms with van der Waals surface area (Å²) in [5.74, 6) is -0.675. The number of rotatable bonds is 3. The molecule has 0 atom stereocenters. The van der Waals surface area contributed by atoms with E-state index in [0.29, 0.717) is 21.9 Å². The normalized spacial score (nSPS) is 11.0. The third kappa shape index (κ3) is 2.40. The summed E-state index contributed by atoms with van der Waals surface area (Å²) in [6, 6.07) is 4.74. The third-order valence-corrected chi connectivity index (χ3v) is 4.17. The second-order valence-electron chi connectivity index (χ2n) is 4.52. The van der Waals surface area contributed by atoms with E-state index in [1.54, 1.807) is 16.8 Å². The largest absolute Gasteiger partial charge is 0.298 e. The molecule has 0 saturated heterocycles. The third-order valence-electron chi connectivity index (χ3n) is 3.24. The van der Waals surface area contributed by atoms with Crippen molar-refractivity contribution in [1.29, 1.82) is 0 Å². The smallest absolute Gasteiger partial charge is 0.260 e. The van der Waals surface area contributed by atoms with Crippen molar-refractivity contribution in [3.05, 3.63) is 41.5 Å². The average Bonchev–Trinajstić information content (AvgIpc) is 3.02. The monoisotopic (exact) mass is 304 g/mol. The highest BCUT2D eigenvalue weighted by Gasteiger charge is 2.16. The van der Waals surface area contributed by atoms with Crippen LogP contribution in [0.3, 0.4) is 0 Å². The number of para-hydroxylation sites is 1. The number of aromatic nitrogens is 3. The summed E-state index contributed by atoms with van der Waals surface area (Å²) in [6.07, 6.45) is 1.53. The van der Waals surface area contributed by atoms with E-state index in [2.05, 4.69) is 15.4 Å². The van der Waals surface area contributed by atoms with Crippen LogP contribution >= 0.6 is 11.3 Å². The summed E-state index contributed by atoms with van der Waals surface area (Å²) >= 11 is 1.24. The number of anilines is 1. The van der Waals surface area contributed by atoms with Crippen LogP contribution in [0.4, 0.5) is 9.52 Å². The van der Waals surface area contributed by atoms with Crippen molar-refractivity contribution >= 4 is 32.6 Å². The van der Waals surface area contributed by atoms with Crippen LogP contribution in [0.25, 0.3) is 10.2 Å². The minimum Gasteiger partial charge on any atom is -0.298 e. The van der Waals surface area contributed by atoms with Crippen LogP contribution in [-0.4, -0.2) is 20.7 Å². The summed E-state index contributed by atoms with van der Waals surface area (Å²) in [6.45, 7) is 4.49. The van der Waals surface area contributed by atoms with Gasteiger partial charge in [-0.3, -0.25) is 14.8 Å². The van der Waals surface area contributed by atoms with Gasteiger partial charge in [0.15, 0.2) is 5.13 Å². The molecule has 0 radical (unpaired) electrons. The molecule has 5 nitrogen and oxygen atoms in total. The van der Waals surface area contributed by atoms with Gasteiger partial charge in [-0.2, -0.15) is 5.10 Å². The second kappa shape index (κ2) is 5.25. The Hall–Kier alpha value is -2.28. The molecular formula is C14H13FN4OS. The molecule has 0 unspecified atom stereocenters. The van der Waals surface area contributed by atoms with Crippen LogP contribution in [0.2, 0.25) is 0 Å². The zero-order valence-corrected chi connectivity index (χ0v) is 12.4. The quantitative estimate of drug-likeness (QED) is 0.808. The average molecular weight is 304 g/mol. The van der Waals surface area contributed by atoms with Crippen molar-refractivity contribution in [2.24, 2.45) is 0 Å². The highest BCUT2D eigenvalue weighted by molar-refractivity contribution is 7.22. The number of benzene rings is 1. The molecule has 0 fully saturated rings. The number of fused-ring (bicyclic) bond motifs is 1. The summed E-state index contributed by atoms with van der Waals surface area (Å²) in [7, 11) is 0. The molecule has 0 bridgehead atoms. The first-order chi connectivity index (χ1) is 10.1. The van der Waals surface area contributed by atoms with Crippen LogP contribution in [0.5, 0.6) is 0 Å². The van der Waals surface area contributed by atoms with Crippen molar-refractivity contribution in [2.45, 2.75) is 20.4 Å². The number of halogens is 1. The maximum Gasteiger partial charge on any atom is 0.260 e. The Morgan fingerprint density at radius 2 is 2.29 bits per heavy atom. The van der Waals surface area contributed by atoms with E-state index in [9.17, 15) is 9.18 Å². The Morgan fingerprint density at radius 1 is 1.48 bits per heavy atom. The molecule has 0 aliphatic heterocycles. The maximum atomic E-state index is 13.6. The van der Waals surface area contributed by atoms with Gasteiger partial charge < -0.3 is 0 Å². The van der Waals surface area contributed by atoms with Crippen molar-refractivity contribution in [2.75, 3.05) is 5.32 Å². The van der Waals surface area contributed by atoms with E-state index < -0.39 is 0 Å². The van der Waals surface area contributed by atoms with Gasteiger partial charge in [-0.25, -0.2) is 9.37 Å². The fraction of sp³-hybridized carbons (Fsp3) is 0.214. The van der Waals surface area contributed by atoms with Gasteiger partial charge in [-0.1, -0.05) is 17.4 Å². The van der Waals surface area contributed by atoms with E-state index in [-0.39, 0.29) is 17.2 Å². The fourth-order valence-electron chi connectivity index (χ4n) is 2.12. The summed E-state index contributed by atoms with van der Waals surface area (Å²) < 4.78 is 16.0. The number of amides is 1. The van der Waals surface area contributed by atoms with Gasteiger partial charge in [0.25, 0.3) is 5.91 Å². The topological polar surface area (TPSA) is 59.8 Å². The van der Waals surface area contributed by atoms with Gasteiger partial charge in [0.1, 0.15) is 11.3 Å². The molecule has 3 rings (SSSR count). The molecule has 3 aromatic rings. The zero-order chi connectivity index (χ0) is 15.0. The number of aryl methyl sites for hydroxylation is 1. The standard InChI is InChI=1S/C14H13FN4OS/c1-3-19-8(2)9(7-16-19)13(20)18-14-17-12-10(15)5-4-6-11(12)21-14/h4-7H,3H2,1-2H3,(H,17,18,20). The first-order valence-electron chi connectivity index (χ1n) is 6.49. The van der Waals surface area contributed by atoms with Crippen LogP contribution < -0.4 is 5.32 Å². The lowest BCUT2D eigenvalue weighted by Gasteiger charge is -2.02. The van der Waals surface area contributed by atoms with Gasteiger partial charge >= 0.3 is 0 Å². The number of carbonyl (C=O) groups excluding carboxylic acids is 1. The Bertz CT molecular complexity index is 824. The van der Waals surface area contributed by atoms with Crippen LogP contribution in [-0.2, 0) is 6.54 Å². The molecule has 108 valence electrons. The molecule has 2 aromatic heterocycles. The number of nitrogens with one attached hydrogen (secondary N) is 1. The lowest BCUT2D eigenvalue weighted by atomic mass is 10.2. The molecule has 0 saturated carbocycles. The number of carbonyl (C=O) groups is 1. The molecule has 1 N–H and O–H groups in total. The first-order valence-corrected chi connectivity index (χ1v) is 7.30. The number of hydrogen-bond acceptors (Lipinski definition) is 4. The van der Waals surface area contributed by atoms with Crippen molar-refractivity contribution in [3.63, 3.8) is 0 Å². The Labute approximate surface area is 124 Å². The predicted molar refractivity (Wildman–Crippen MR) is 80.2 cm³/mol. The van der Waals surface area contributed by atoms with E-state index in [1.807, 2.05) is 13.8 Å². The van der Waals surface area contributed by atoms with Gasteiger partial charge in [-0.05, 0) is 26.0 Å². The van der Waals surface area contributed by atoms with E-state index in [4.69, 9.17) is 0 Å². The van der Waals surface area contributed by atoms with Gasteiger partial charge in [0.05, 0.1) is 16.5 Å². The first kappa shape index (κ1) is 13.7. The molecule has 7 heteroatoms. The molecule has 21 heavy (non-hydrogen) atoms. The summed E-state index contributed by atoms with van der Waals surface area (Å²) in [5.41, 5.74) is 1.57. The molecule has 2 heterocycles. The molecular weight excluding hydrogens is 291 g/mol. The number of thiazole rings is 1. The molecule has 1 aromatic carbocycles. The SMILES string of the molecule is CCn1ncc(C(=O)Nc2nc3c(F)cccc3s2)c1C. The lowest BCUT2D eigenvalue weighted by Crippen LogP contribution is -2.13. The van der Waals surface area contributed by atoms with E-state index >= 15 is 0 Å². The fourth-order valence-corrected chi connectivity index (χ4v) is 3.00. The van der Waals surface area contributed by atoms with Crippen molar-refractivity contribution in [1.82, 2.24) is 14.8 Å². The Morgan fingerprint density at radius 3 is 2.95 bits per heavy atom. The minimum atomic E-state index is -0.390. The van der Waals surface area contributed by atoms with Crippen LogP contribution in [0, 0.1) is 12.7 Å². The lowest BCUT2D eigenvalue weighted by molar-refractivity contribution is 0.102. The Balaban J connectivity index is 1.89. The highest BCUT2D eigenvalue weighted by atomic mass is 32.1. The van der Waals surface area contributed by atoms with Crippen molar-refractivity contribution in [3.8, 4) is 0 Å². The van der Waals surface area contributed by atoms with E-state index in [0.717, 1.165) is 5.69 Å². The molecule has 0 spiro atoms. The van der Waals surface area contributed by atoms with E-state index in [1.165, 1.54) is 23.6 Å². The second-order valence-corrected chi connectivity index (χ2v) is 5.55. The maximum absolute atomic E-state index is 13.6. The number of hydrogen-bond donors (Lipinski definition) is 1. The van der Waals surface area contributed by atoms with Crippen LogP contribution in [0.15, 0.2) is 24.4 Å². The number of nitrogens with zero attached hydrogens (tertiary/aromatic N) is 3. The molecule has 1 amide bonds. The van der Waals surface area contributed by atoms with Crippen molar-refractivity contribution < 1.29 is 9.18 Å². The minimum absolute atomic E-state index is 0.277. The van der Waals surface area contributed by atoms with Gasteiger partial charge in [0, 0.05) is 12.2 Å². The zero-order valence-electron chi connectivity index (χ0n) is 11.6. The molecule has 0 aliphatic rings. The predicted octanol–water partition coefficient (Wildman–Crippen LogP) is 3.21. The summed E-state index contributed by atoms with van der Waals surface area (Å²) in [4.78, 5) is 16.4. The van der Waals surface area contributed by atoms with Gasteiger partial charge in [-0.15, -0.1) is 0 Å². The molecule has 0 aliphatic carbocycles. The highest BCUT2D eigenvalue weighted by Crippen LogP contribution is 2.27. The Kier molecular flexibility index (Phi) is 3.42. The van der Waals surface area contributed by atoms with Crippen LogP contribution in [0.1, 0.15) is 23.0 Å². The van der Waals surface area contributed by atoms with Gasteiger partial charge in [0.2, 0.25) is 0 Å². The summed E-state index contributed by atoms with van der Waals surface area (Å²) in [5, 5.41) is 7.21.